The molecule has 0 aliphatic carbocycles. The van der Waals surface area contributed by atoms with Crippen molar-refractivity contribution in [2.75, 3.05) is 18.8 Å². The van der Waals surface area contributed by atoms with E-state index in [1.807, 2.05) is 12.1 Å². The third-order valence-corrected chi connectivity index (χ3v) is 3.41. The van der Waals surface area contributed by atoms with Crippen LogP contribution in [0, 0.1) is 5.92 Å². The van der Waals surface area contributed by atoms with Gasteiger partial charge in [-0.3, -0.25) is 9.69 Å². The molecule has 0 radical (unpaired) electrons. The summed E-state index contributed by atoms with van der Waals surface area (Å²) >= 11 is 0. The molecular weight excluding hydrogens is 228 g/mol. The molecule has 4 N–H and O–H groups in total. The number of piperidine rings is 1. The molecule has 18 heavy (non-hydrogen) atoms. The van der Waals surface area contributed by atoms with E-state index in [1.54, 1.807) is 6.07 Å². The van der Waals surface area contributed by atoms with E-state index in [4.69, 9.17) is 11.5 Å². The number of rotatable bonds is 4. The van der Waals surface area contributed by atoms with Crippen molar-refractivity contribution >= 4 is 11.7 Å². The predicted molar refractivity (Wildman–Crippen MR) is 70.5 cm³/mol. The second-order valence-electron chi connectivity index (χ2n) is 4.94. The fraction of sp³-hybridized carbons (Fsp3) is 0.538. The topological polar surface area (TPSA) is 85.2 Å². The third-order valence-electron chi connectivity index (χ3n) is 3.41. The number of nitrogen functional groups attached to an aromatic ring is 1. The molecule has 1 aromatic heterocycles. The molecule has 0 bridgehead atoms. The Morgan fingerprint density at radius 2 is 2.11 bits per heavy atom. The lowest BCUT2D eigenvalue weighted by Gasteiger charge is -2.31. The molecule has 1 aliphatic rings. The zero-order valence-corrected chi connectivity index (χ0v) is 10.5. The van der Waals surface area contributed by atoms with E-state index in [0.29, 0.717) is 18.2 Å². The molecule has 1 saturated heterocycles. The van der Waals surface area contributed by atoms with Crippen LogP contribution >= 0.6 is 0 Å². The van der Waals surface area contributed by atoms with E-state index in [9.17, 15) is 4.79 Å². The Morgan fingerprint density at radius 3 is 2.72 bits per heavy atom. The predicted octanol–water partition coefficient (Wildman–Crippen LogP) is 0.751. The Morgan fingerprint density at radius 1 is 1.39 bits per heavy atom. The lowest BCUT2D eigenvalue weighted by Crippen LogP contribution is -2.34. The van der Waals surface area contributed by atoms with Gasteiger partial charge in [-0.1, -0.05) is 6.07 Å². The van der Waals surface area contributed by atoms with Crippen molar-refractivity contribution in [3.05, 3.63) is 23.9 Å². The molecule has 0 unspecified atom stereocenters. The fourth-order valence-corrected chi connectivity index (χ4v) is 2.45. The summed E-state index contributed by atoms with van der Waals surface area (Å²) in [7, 11) is 0. The number of primary amides is 1. The minimum Gasteiger partial charge on any atom is -0.384 e. The van der Waals surface area contributed by atoms with Gasteiger partial charge in [0, 0.05) is 13.0 Å². The number of nitrogens with two attached hydrogens (primary N) is 2. The second kappa shape index (κ2) is 5.82. The smallest absolute Gasteiger partial charge is 0.217 e. The van der Waals surface area contributed by atoms with Gasteiger partial charge in [0.1, 0.15) is 5.82 Å². The van der Waals surface area contributed by atoms with E-state index >= 15 is 0 Å². The molecule has 98 valence electrons. The van der Waals surface area contributed by atoms with Crippen molar-refractivity contribution in [3.8, 4) is 0 Å². The second-order valence-corrected chi connectivity index (χ2v) is 4.94. The SMILES string of the molecule is NC(=O)CC1CCN(Cc2cccc(N)n2)CC1. The summed E-state index contributed by atoms with van der Waals surface area (Å²) in [5.41, 5.74) is 11.9. The number of carbonyl (C=O) groups is 1. The van der Waals surface area contributed by atoms with Crippen LogP contribution in [0.1, 0.15) is 25.0 Å². The zero-order valence-electron chi connectivity index (χ0n) is 10.5. The maximum Gasteiger partial charge on any atom is 0.217 e. The number of likely N-dealkylation sites (tertiary alicyclic amines) is 1. The van der Waals surface area contributed by atoms with Gasteiger partial charge in [0.2, 0.25) is 5.91 Å². The van der Waals surface area contributed by atoms with Crippen LogP contribution in [0.2, 0.25) is 0 Å². The van der Waals surface area contributed by atoms with Crippen molar-refractivity contribution in [1.29, 1.82) is 0 Å². The van der Waals surface area contributed by atoms with Crippen LogP contribution in [-0.2, 0) is 11.3 Å². The normalized spacial score (nSPS) is 17.8. The number of hydrogen-bond acceptors (Lipinski definition) is 4. The van der Waals surface area contributed by atoms with Crippen molar-refractivity contribution in [2.24, 2.45) is 11.7 Å². The van der Waals surface area contributed by atoms with Crippen LogP contribution in [0.3, 0.4) is 0 Å². The Kier molecular flexibility index (Phi) is 4.15. The van der Waals surface area contributed by atoms with E-state index < -0.39 is 0 Å². The average molecular weight is 248 g/mol. The van der Waals surface area contributed by atoms with Crippen molar-refractivity contribution in [3.63, 3.8) is 0 Å². The molecule has 0 spiro atoms. The van der Waals surface area contributed by atoms with Crippen LogP contribution in [0.4, 0.5) is 5.82 Å². The number of nitrogens with zero attached hydrogens (tertiary/aromatic N) is 2. The number of aromatic nitrogens is 1. The largest absolute Gasteiger partial charge is 0.384 e. The molecular formula is C13H20N4O. The summed E-state index contributed by atoms with van der Waals surface area (Å²) in [5.74, 6) is 0.828. The number of pyridine rings is 1. The van der Waals surface area contributed by atoms with Gasteiger partial charge in [0.15, 0.2) is 0 Å². The van der Waals surface area contributed by atoms with Gasteiger partial charge in [-0.2, -0.15) is 0 Å². The summed E-state index contributed by atoms with van der Waals surface area (Å²) in [6, 6.07) is 5.71. The fourth-order valence-electron chi connectivity index (χ4n) is 2.45. The molecule has 1 fully saturated rings. The standard InChI is InChI=1S/C13H20N4O/c14-12-3-1-2-11(16-12)9-17-6-4-10(5-7-17)8-13(15)18/h1-3,10H,4-9H2,(H2,14,16)(H2,15,18). The Bertz CT molecular complexity index is 413. The molecule has 2 heterocycles. The van der Waals surface area contributed by atoms with Gasteiger partial charge in [-0.15, -0.1) is 0 Å². The zero-order chi connectivity index (χ0) is 13.0. The molecule has 1 amide bonds. The maximum absolute atomic E-state index is 10.9. The van der Waals surface area contributed by atoms with Crippen molar-refractivity contribution in [2.45, 2.75) is 25.8 Å². The van der Waals surface area contributed by atoms with Crippen molar-refractivity contribution < 1.29 is 4.79 Å². The molecule has 5 nitrogen and oxygen atoms in total. The quantitative estimate of drug-likeness (QED) is 0.823. The van der Waals surface area contributed by atoms with E-state index in [0.717, 1.165) is 38.2 Å². The number of amides is 1. The molecule has 1 aliphatic heterocycles. The Balaban J connectivity index is 1.81. The lowest BCUT2D eigenvalue weighted by molar-refractivity contribution is -0.119. The van der Waals surface area contributed by atoms with Crippen molar-refractivity contribution in [1.82, 2.24) is 9.88 Å². The third kappa shape index (κ3) is 3.70. The first kappa shape index (κ1) is 12.8. The van der Waals surface area contributed by atoms with Gasteiger partial charge < -0.3 is 11.5 Å². The van der Waals surface area contributed by atoms with Gasteiger partial charge in [0.25, 0.3) is 0 Å². The first-order chi connectivity index (χ1) is 8.63. The van der Waals surface area contributed by atoms with Gasteiger partial charge in [-0.05, 0) is 44.0 Å². The van der Waals surface area contributed by atoms with Crippen LogP contribution < -0.4 is 11.5 Å². The van der Waals surface area contributed by atoms with Crippen LogP contribution in [0.5, 0.6) is 0 Å². The highest BCUT2D eigenvalue weighted by Crippen LogP contribution is 2.21. The first-order valence-electron chi connectivity index (χ1n) is 6.35. The minimum absolute atomic E-state index is 0.189. The number of carbonyl (C=O) groups excluding carboxylic acids is 1. The molecule has 5 heteroatoms. The summed E-state index contributed by atoms with van der Waals surface area (Å²) in [6.45, 7) is 2.82. The maximum atomic E-state index is 10.9. The van der Waals surface area contributed by atoms with E-state index in [-0.39, 0.29) is 5.91 Å². The Labute approximate surface area is 107 Å². The molecule has 2 rings (SSSR count). The summed E-state index contributed by atoms with van der Waals surface area (Å²) < 4.78 is 0. The molecule has 1 aromatic rings. The number of anilines is 1. The summed E-state index contributed by atoms with van der Waals surface area (Å²) in [6.07, 6.45) is 2.58. The van der Waals surface area contributed by atoms with Crippen LogP contribution in [-0.4, -0.2) is 28.9 Å². The van der Waals surface area contributed by atoms with E-state index in [2.05, 4.69) is 9.88 Å². The average Bonchev–Trinajstić information content (AvgIpc) is 2.31. The highest BCUT2D eigenvalue weighted by atomic mass is 16.1. The summed E-state index contributed by atoms with van der Waals surface area (Å²) in [4.78, 5) is 17.5. The van der Waals surface area contributed by atoms with Crippen LogP contribution in [0.25, 0.3) is 0 Å². The lowest BCUT2D eigenvalue weighted by atomic mass is 9.93. The van der Waals surface area contributed by atoms with Gasteiger partial charge >= 0.3 is 0 Å². The molecule has 0 aromatic carbocycles. The Hall–Kier alpha value is -1.62. The first-order valence-corrected chi connectivity index (χ1v) is 6.35. The highest BCUT2D eigenvalue weighted by Gasteiger charge is 2.20. The molecule has 0 saturated carbocycles. The monoisotopic (exact) mass is 248 g/mol. The summed E-state index contributed by atoms with van der Waals surface area (Å²) in [5, 5.41) is 0. The highest BCUT2D eigenvalue weighted by molar-refractivity contribution is 5.73. The molecule has 0 atom stereocenters. The minimum atomic E-state index is -0.189. The van der Waals surface area contributed by atoms with E-state index in [1.165, 1.54) is 0 Å². The number of hydrogen-bond donors (Lipinski definition) is 2. The van der Waals surface area contributed by atoms with Gasteiger partial charge in [-0.25, -0.2) is 4.98 Å². The van der Waals surface area contributed by atoms with Crippen LogP contribution in [0.15, 0.2) is 18.2 Å². The van der Waals surface area contributed by atoms with Gasteiger partial charge in [0.05, 0.1) is 5.69 Å².